The fourth-order valence-corrected chi connectivity index (χ4v) is 4.40. The van der Waals surface area contributed by atoms with E-state index in [1.165, 1.54) is 37.8 Å². The number of aromatic nitrogens is 1. The van der Waals surface area contributed by atoms with Crippen molar-refractivity contribution >= 4 is 21.5 Å². The van der Waals surface area contributed by atoms with Crippen LogP contribution in [0.2, 0.25) is 0 Å². The fourth-order valence-electron chi connectivity index (χ4n) is 3.34. The van der Waals surface area contributed by atoms with Gasteiger partial charge in [0.15, 0.2) is 11.5 Å². The van der Waals surface area contributed by atoms with Crippen molar-refractivity contribution in [1.82, 2.24) is 4.98 Å². The molecule has 0 bridgehead atoms. The number of sulfonamides is 1. The van der Waals surface area contributed by atoms with Gasteiger partial charge in [0.1, 0.15) is 19.0 Å². The van der Waals surface area contributed by atoms with Gasteiger partial charge in [0, 0.05) is 19.2 Å². The van der Waals surface area contributed by atoms with Crippen molar-refractivity contribution in [2.75, 3.05) is 35.9 Å². The van der Waals surface area contributed by atoms with Gasteiger partial charge >= 0.3 is 0 Å². The average molecular weight is 389 g/mol. The number of benzene rings is 1. The van der Waals surface area contributed by atoms with E-state index in [1.54, 1.807) is 18.3 Å². The van der Waals surface area contributed by atoms with Crippen LogP contribution in [0.25, 0.3) is 0 Å². The van der Waals surface area contributed by atoms with Crippen molar-refractivity contribution in [2.45, 2.75) is 30.6 Å². The van der Waals surface area contributed by atoms with Gasteiger partial charge in [-0.25, -0.2) is 13.4 Å². The molecule has 0 unspecified atom stereocenters. The predicted molar refractivity (Wildman–Crippen MR) is 103 cm³/mol. The van der Waals surface area contributed by atoms with E-state index in [-0.39, 0.29) is 4.90 Å². The van der Waals surface area contributed by atoms with Crippen molar-refractivity contribution in [2.24, 2.45) is 0 Å². The highest BCUT2D eigenvalue weighted by molar-refractivity contribution is 7.92. The summed E-state index contributed by atoms with van der Waals surface area (Å²) in [6, 6.07) is 8.23. The number of hydrogen-bond donors (Lipinski definition) is 1. The first-order valence-electron chi connectivity index (χ1n) is 9.25. The molecule has 0 atom stereocenters. The van der Waals surface area contributed by atoms with Gasteiger partial charge in [-0.15, -0.1) is 0 Å². The lowest BCUT2D eigenvalue weighted by Gasteiger charge is -2.21. The number of anilines is 2. The molecule has 3 heterocycles. The van der Waals surface area contributed by atoms with Crippen molar-refractivity contribution in [3.63, 3.8) is 0 Å². The highest BCUT2D eigenvalue weighted by Gasteiger charge is 2.20. The molecule has 2 aliphatic heterocycles. The van der Waals surface area contributed by atoms with Gasteiger partial charge in [-0.05, 0) is 37.1 Å². The van der Waals surface area contributed by atoms with Crippen molar-refractivity contribution in [1.29, 1.82) is 0 Å². The minimum atomic E-state index is -3.73. The summed E-state index contributed by atoms with van der Waals surface area (Å²) in [5, 5.41) is 0. The lowest BCUT2D eigenvalue weighted by Crippen LogP contribution is -2.24. The molecule has 0 spiro atoms. The first kappa shape index (κ1) is 17.9. The van der Waals surface area contributed by atoms with Gasteiger partial charge in [0.25, 0.3) is 10.0 Å². The second kappa shape index (κ2) is 7.64. The third-order valence-electron chi connectivity index (χ3n) is 4.75. The minimum absolute atomic E-state index is 0.128. The molecule has 144 valence electrons. The molecule has 1 aromatic carbocycles. The van der Waals surface area contributed by atoms with Crippen LogP contribution in [0.5, 0.6) is 11.5 Å². The number of fused-ring (bicyclic) bond motifs is 1. The van der Waals surface area contributed by atoms with Crippen LogP contribution in [0.3, 0.4) is 0 Å². The Morgan fingerprint density at radius 2 is 1.67 bits per heavy atom. The average Bonchev–Trinajstić information content (AvgIpc) is 2.97. The number of nitrogens with zero attached hydrogens (tertiary/aromatic N) is 2. The Morgan fingerprint density at radius 3 is 2.37 bits per heavy atom. The summed E-state index contributed by atoms with van der Waals surface area (Å²) in [5.74, 6) is 1.89. The molecule has 27 heavy (non-hydrogen) atoms. The van der Waals surface area contributed by atoms with E-state index in [0.29, 0.717) is 30.4 Å². The molecular formula is C19H23N3O4S. The lowest BCUT2D eigenvalue weighted by atomic mass is 10.2. The minimum Gasteiger partial charge on any atom is -0.486 e. The highest BCUT2D eigenvalue weighted by atomic mass is 32.2. The van der Waals surface area contributed by atoms with E-state index in [0.717, 1.165) is 18.9 Å². The maximum absolute atomic E-state index is 12.7. The summed E-state index contributed by atoms with van der Waals surface area (Å²) in [5.41, 5.74) is 0.434. The van der Waals surface area contributed by atoms with Gasteiger partial charge in [0.2, 0.25) is 0 Å². The van der Waals surface area contributed by atoms with E-state index >= 15 is 0 Å². The molecule has 1 fully saturated rings. The molecule has 1 N–H and O–H groups in total. The smallest absolute Gasteiger partial charge is 0.262 e. The molecule has 1 saturated heterocycles. The monoisotopic (exact) mass is 389 g/mol. The zero-order valence-electron chi connectivity index (χ0n) is 15.1. The zero-order valence-corrected chi connectivity index (χ0v) is 15.9. The Morgan fingerprint density at radius 1 is 0.926 bits per heavy atom. The Labute approximate surface area is 159 Å². The molecule has 2 aliphatic rings. The van der Waals surface area contributed by atoms with E-state index in [9.17, 15) is 8.42 Å². The third kappa shape index (κ3) is 4.10. The Hall–Kier alpha value is -2.48. The second-order valence-electron chi connectivity index (χ2n) is 6.72. The maximum atomic E-state index is 12.7. The van der Waals surface area contributed by atoms with E-state index in [1.807, 2.05) is 6.07 Å². The lowest BCUT2D eigenvalue weighted by molar-refractivity contribution is 0.171. The normalized spacial score (nSPS) is 17.3. The second-order valence-corrected chi connectivity index (χ2v) is 8.40. The summed E-state index contributed by atoms with van der Waals surface area (Å²) >= 11 is 0. The molecule has 4 rings (SSSR count). The van der Waals surface area contributed by atoms with Crippen LogP contribution in [-0.2, 0) is 10.0 Å². The Kier molecular flexibility index (Phi) is 5.07. The van der Waals surface area contributed by atoms with Crippen LogP contribution in [-0.4, -0.2) is 39.7 Å². The summed E-state index contributed by atoms with van der Waals surface area (Å²) in [4.78, 5) is 6.83. The SMILES string of the molecule is O=S(=O)(Nc1ccc(N2CCCCCC2)nc1)c1ccc2c(c1)OCCO2. The maximum Gasteiger partial charge on any atom is 0.262 e. The standard InChI is InChI=1S/C19H23N3O4S/c23-27(24,16-6-7-17-18(13-16)26-12-11-25-17)21-15-5-8-19(20-14-15)22-9-3-1-2-4-10-22/h5-8,13-14,21H,1-4,9-12H2. The number of pyridine rings is 1. The Bertz CT molecular complexity index is 892. The van der Waals surface area contributed by atoms with Gasteiger partial charge in [0.05, 0.1) is 16.8 Å². The molecule has 0 amide bonds. The molecule has 0 aliphatic carbocycles. The predicted octanol–water partition coefficient (Wildman–Crippen LogP) is 3.03. The van der Waals surface area contributed by atoms with E-state index in [4.69, 9.17) is 9.47 Å². The van der Waals surface area contributed by atoms with Gasteiger partial charge in [-0.1, -0.05) is 12.8 Å². The molecule has 1 aromatic heterocycles. The number of rotatable bonds is 4. The first-order valence-corrected chi connectivity index (χ1v) is 10.7. The number of nitrogens with one attached hydrogen (secondary N) is 1. The van der Waals surface area contributed by atoms with Crippen LogP contribution in [0.1, 0.15) is 25.7 Å². The van der Waals surface area contributed by atoms with Gasteiger partial charge in [-0.2, -0.15) is 0 Å². The Balaban J connectivity index is 1.49. The highest BCUT2D eigenvalue weighted by Crippen LogP contribution is 2.32. The van der Waals surface area contributed by atoms with Crippen molar-refractivity contribution in [3.05, 3.63) is 36.5 Å². The summed E-state index contributed by atoms with van der Waals surface area (Å²) in [6.07, 6.45) is 6.41. The van der Waals surface area contributed by atoms with Crippen LogP contribution in [0, 0.1) is 0 Å². The van der Waals surface area contributed by atoms with Gasteiger partial charge in [-0.3, -0.25) is 4.72 Å². The zero-order chi connectivity index (χ0) is 18.7. The summed E-state index contributed by atoms with van der Waals surface area (Å²) in [6.45, 7) is 2.86. The molecule has 0 saturated carbocycles. The quantitative estimate of drug-likeness (QED) is 0.866. The van der Waals surface area contributed by atoms with Crippen molar-refractivity contribution in [3.8, 4) is 11.5 Å². The van der Waals surface area contributed by atoms with Crippen LogP contribution in [0.4, 0.5) is 11.5 Å². The summed E-state index contributed by atoms with van der Waals surface area (Å²) < 4.78 is 38.8. The fraction of sp³-hybridized carbons (Fsp3) is 0.421. The molecule has 8 heteroatoms. The largest absolute Gasteiger partial charge is 0.486 e. The van der Waals surface area contributed by atoms with Crippen LogP contribution >= 0.6 is 0 Å². The molecule has 2 aromatic rings. The molecule has 7 nitrogen and oxygen atoms in total. The van der Waals surface area contributed by atoms with Crippen LogP contribution < -0.4 is 19.1 Å². The molecule has 0 radical (unpaired) electrons. The number of hydrogen-bond acceptors (Lipinski definition) is 6. The number of ether oxygens (including phenoxy) is 2. The summed E-state index contributed by atoms with van der Waals surface area (Å²) in [7, 11) is -3.73. The third-order valence-corrected chi connectivity index (χ3v) is 6.13. The van der Waals surface area contributed by atoms with Crippen molar-refractivity contribution < 1.29 is 17.9 Å². The van der Waals surface area contributed by atoms with E-state index < -0.39 is 10.0 Å². The van der Waals surface area contributed by atoms with Crippen LogP contribution in [0.15, 0.2) is 41.4 Å². The molecular weight excluding hydrogens is 366 g/mol. The van der Waals surface area contributed by atoms with Gasteiger partial charge < -0.3 is 14.4 Å². The topological polar surface area (TPSA) is 80.8 Å². The van der Waals surface area contributed by atoms with E-state index in [2.05, 4.69) is 14.6 Å². The first-order chi connectivity index (χ1) is 13.1.